The van der Waals surface area contributed by atoms with Crippen LogP contribution in [0.5, 0.6) is 0 Å². The van der Waals surface area contributed by atoms with Crippen molar-refractivity contribution in [2.24, 2.45) is 17.6 Å². The lowest BCUT2D eigenvalue weighted by Crippen LogP contribution is -2.41. The normalized spacial score (nSPS) is 13.4. The van der Waals surface area contributed by atoms with Gasteiger partial charge in [-0.1, -0.05) is 26.1 Å². The molecule has 0 spiro atoms. The fourth-order valence-electron chi connectivity index (χ4n) is 1.42. The summed E-state index contributed by atoms with van der Waals surface area (Å²) in [6.07, 6.45) is 1.56. The lowest BCUT2D eigenvalue weighted by Gasteiger charge is -2.18. The zero-order chi connectivity index (χ0) is 13.6. The van der Waals surface area contributed by atoms with Gasteiger partial charge < -0.3 is 11.1 Å². The molecule has 7 heteroatoms. The van der Waals surface area contributed by atoms with Crippen LogP contribution in [0.1, 0.15) is 20.3 Å². The minimum Gasteiger partial charge on any atom is -0.393 e. The number of hydrogen-bond donors (Lipinski definition) is 2. The molecule has 0 bridgehead atoms. The van der Waals surface area contributed by atoms with Crippen LogP contribution < -0.4 is 11.1 Å². The van der Waals surface area contributed by atoms with Crippen molar-refractivity contribution in [2.45, 2.75) is 20.3 Å². The van der Waals surface area contributed by atoms with E-state index in [9.17, 15) is 13.2 Å². The third-order valence-corrected chi connectivity index (χ3v) is 3.53. The lowest BCUT2D eigenvalue weighted by molar-refractivity contribution is -0.123. The molecule has 0 aromatic rings. The second-order valence-electron chi connectivity index (χ2n) is 4.40. The highest BCUT2D eigenvalue weighted by Gasteiger charge is 2.24. The second kappa shape index (κ2) is 6.90. The van der Waals surface area contributed by atoms with Crippen LogP contribution in [0.2, 0.25) is 0 Å². The average Bonchev–Trinajstić information content (AvgIpc) is 2.09. The van der Waals surface area contributed by atoms with Gasteiger partial charge in [0.05, 0.1) is 16.7 Å². The molecule has 0 rings (SSSR count). The van der Waals surface area contributed by atoms with Gasteiger partial charge in [-0.3, -0.25) is 4.79 Å². The quantitative estimate of drug-likeness (QED) is 0.510. The van der Waals surface area contributed by atoms with Crippen LogP contribution in [-0.4, -0.2) is 37.9 Å². The van der Waals surface area contributed by atoms with E-state index >= 15 is 0 Å². The molecule has 0 fully saturated rings. The monoisotopic (exact) mass is 280 g/mol. The van der Waals surface area contributed by atoms with Gasteiger partial charge in [0.2, 0.25) is 5.91 Å². The summed E-state index contributed by atoms with van der Waals surface area (Å²) in [5.74, 6) is -0.640. The van der Waals surface area contributed by atoms with Crippen LogP contribution in [0.25, 0.3) is 0 Å². The van der Waals surface area contributed by atoms with Gasteiger partial charge in [0.15, 0.2) is 0 Å². The van der Waals surface area contributed by atoms with Crippen molar-refractivity contribution in [2.75, 3.05) is 18.6 Å². The number of amides is 1. The molecule has 0 radical (unpaired) electrons. The summed E-state index contributed by atoms with van der Waals surface area (Å²) in [7, 11) is -2.98. The summed E-state index contributed by atoms with van der Waals surface area (Å²) >= 11 is 4.83. The third kappa shape index (κ3) is 7.27. The van der Waals surface area contributed by atoms with Crippen molar-refractivity contribution in [1.82, 2.24) is 5.32 Å². The molecule has 0 saturated carbocycles. The Kier molecular flexibility index (Phi) is 6.62. The van der Waals surface area contributed by atoms with Gasteiger partial charge >= 0.3 is 0 Å². The van der Waals surface area contributed by atoms with Gasteiger partial charge in [-0.2, -0.15) is 0 Å². The van der Waals surface area contributed by atoms with E-state index in [4.69, 9.17) is 18.0 Å². The topological polar surface area (TPSA) is 89.3 Å². The van der Waals surface area contributed by atoms with Crippen LogP contribution in [0.3, 0.4) is 0 Å². The predicted molar refractivity (Wildman–Crippen MR) is 72.5 cm³/mol. The standard InChI is InChI=1S/C10H20N2O3S2/c1-7(2)8(9(11)16)10(13)12-5-4-6-17(3,14)15/h7-8H,4-6H2,1-3H3,(H2,11,16)(H,12,13). The molecule has 5 nitrogen and oxygen atoms in total. The smallest absolute Gasteiger partial charge is 0.230 e. The van der Waals surface area contributed by atoms with Gasteiger partial charge in [0, 0.05) is 12.8 Å². The summed E-state index contributed by atoms with van der Waals surface area (Å²) in [4.78, 5) is 11.9. The van der Waals surface area contributed by atoms with Gasteiger partial charge in [-0.15, -0.1) is 0 Å². The first-order valence-corrected chi connectivity index (χ1v) is 7.86. The molecule has 100 valence electrons. The lowest BCUT2D eigenvalue weighted by atomic mass is 9.95. The number of carbonyl (C=O) groups excluding carboxylic acids is 1. The SMILES string of the molecule is CC(C)C(C(=O)NCCCS(C)(=O)=O)C(N)=S. The minimum atomic E-state index is -2.98. The molecule has 0 heterocycles. The third-order valence-electron chi connectivity index (χ3n) is 2.25. The number of nitrogens with two attached hydrogens (primary N) is 1. The van der Waals surface area contributed by atoms with Crippen LogP contribution in [-0.2, 0) is 14.6 Å². The highest BCUT2D eigenvalue weighted by atomic mass is 32.2. The molecule has 17 heavy (non-hydrogen) atoms. The fourth-order valence-corrected chi connectivity index (χ4v) is 2.46. The maximum Gasteiger partial charge on any atom is 0.230 e. The van der Waals surface area contributed by atoms with E-state index in [1.54, 1.807) is 0 Å². The number of nitrogens with one attached hydrogen (secondary N) is 1. The Balaban J connectivity index is 4.13. The predicted octanol–water partition coefficient (Wildman–Crippen LogP) is 0.0956. The van der Waals surface area contributed by atoms with E-state index in [1.807, 2.05) is 13.8 Å². The first kappa shape index (κ1) is 16.3. The van der Waals surface area contributed by atoms with E-state index in [-0.39, 0.29) is 22.6 Å². The molecule has 3 N–H and O–H groups in total. The summed E-state index contributed by atoms with van der Waals surface area (Å²) < 4.78 is 21.7. The zero-order valence-electron chi connectivity index (χ0n) is 10.4. The van der Waals surface area contributed by atoms with Crippen molar-refractivity contribution in [3.63, 3.8) is 0 Å². The minimum absolute atomic E-state index is 0.0300. The molecule has 0 aliphatic rings. The number of thiocarbonyl (C=S) groups is 1. The van der Waals surface area contributed by atoms with Crippen molar-refractivity contribution < 1.29 is 13.2 Å². The van der Waals surface area contributed by atoms with Crippen LogP contribution in [0.4, 0.5) is 0 Å². The zero-order valence-corrected chi connectivity index (χ0v) is 12.0. The highest BCUT2D eigenvalue weighted by Crippen LogP contribution is 2.11. The van der Waals surface area contributed by atoms with E-state index in [1.165, 1.54) is 6.26 Å². The van der Waals surface area contributed by atoms with Crippen molar-refractivity contribution in [1.29, 1.82) is 0 Å². The molecule has 0 aromatic carbocycles. The first-order chi connectivity index (χ1) is 7.65. The Morgan fingerprint density at radius 1 is 1.41 bits per heavy atom. The van der Waals surface area contributed by atoms with E-state index in [0.717, 1.165) is 0 Å². The molecule has 0 aromatic heterocycles. The molecule has 0 saturated heterocycles. The highest BCUT2D eigenvalue weighted by molar-refractivity contribution is 7.90. The summed E-state index contributed by atoms with van der Waals surface area (Å²) in [6.45, 7) is 4.04. The second-order valence-corrected chi connectivity index (χ2v) is 7.13. The fraction of sp³-hybridized carbons (Fsp3) is 0.800. The van der Waals surface area contributed by atoms with Crippen molar-refractivity contribution in [3.05, 3.63) is 0 Å². The number of sulfone groups is 1. The van der Waals surface area contributed by atoms with E-state index in [2.05, 4.69) is 5.32 Å². The van der Waals surface area contributed by atoms with E-state index < -0.39 is 15.8 Å². The van der Waals surface area contributed by atoms with Crippen molar-refractivity contribution >= 4 is 33.0 Å². The number of carbonyl (C=O) groups is 1. The van der Waals surface area contributed by atoms with Gasteiger partial charge in [0.1, 0.15) is 9.84 Å². The summed E-state index contributed by atoms with van der Waals surface area (Å²) in [5.41, 5.74) is 5.49. The average molecular weight is 280 g/mol. The first-order valence-electron chi connectivity index (χ1n) is 5.40. The number of hydrogen-bond acceptors (Lipinski definition) is 4. The van der Waals surface area contributed by atoms with Gasteiger partial charge in [0.25, 0.3) is 0 Å². The molecule has 1 atom stereocenters. The molecule has 0 aliphatic carbocycles. The van der Waals surface area contributed by atoms with Crippen molar-refractivity contribution in [3.8, 4) is 0 Å². The number of rotatable bonds is 7. The Hall–Kier alpha value is -0.690. The molecular formula is C10H20N2O3S2. The molecular weight excluding hydrogens is 260 g/mol. The van der Waals surface area contributed by atoms with Crippen LogP contribution in [0.15, 0.2) is 0 Å². The Morgan fingerprint density at radius 2 is 1.94 bits per heavy atom. The summed E-state index contributed by atoms with van der Waals surface area (Å²) in [6, 6.07) is 0. The van der Waals surface area contributed by atoms with E-state index in [0.29, 0.717) is 13.0 Å². The molecule has 0 aliphatic heterocycles. The Bertz CT molecular complexity index is 377. The van der Waals surface area contributed by atoms with Gasteiger partial charge in [-0.25, -0.2) is 8.42 Å². The maximum atomic E-state index is 11.7. The Morgan fingerprint density at radius 3 is 2.29 bits per heavy atom. The van der Waals surface area contributed by atoms with Gasteiger partial charge in [-0.05, 0) is 12.3 Å². The largest absolute Gasteiger partial charge is 0.393 e. The van der Waals surface area contributed by atoms with Crippen LogP contribution >= 0.6 is 12.2 Å². The maximum absolute atomic E-state index is 11.7. The van der Waals surface area contributed by atoms with Crippen LogP contribution in [0, 0.1) is 11.8 Å². The summed E-state index contributed by atoms with van der Waals surface area (Å²) in [5, 5.41) is 2.65. The molecule has 1 unspecified atom stereocenters. The Labute approximate surface area is 108 Å². The molecule has 1 amide bonds.